The van der Waals surface area contributed by atoms with Gasteiger partial charge in [0.05, 0.1) is 10.5 Å². The molecule has 0 saturated heterocycles. The molecule has 1 aromatic heterocycles. The van der Waals surface area contributed by atoms with Crippen LogP contribution in [-0.2, 0) is 0 Å². The average molecular weight is 386 g/mol. The van der Waals surface area contributed by atoms with Crippen LogP contribution in [0.5, 0.6) is 0 Å². The van der Waals surface area contributed by atoms with E-state index < -0.39 is 0 Å². The number of fused-ring (bicyclic) bond motifs is 1. The molecule has 3 aromatic rings. The van der Waals surface area contributed by atoms with E-state index >= 15 is 0 Å². The van der Waals surface area contributed by atoms with Crippen LogP contribution in [0.2, 0.25) is 10.2 Å². The third-order valence-electron chi connectivity index (χ3n) is 3.10. The van der Waals surface area contributed by atoms with E-state index in [0.717, 1.165) is 4.47 Å². The molecule has 0 fully saturated rings. The van der Waals surface area contributed by atoms with Gasteiger partial charge in [-0.3, -0.25) is 0 Å². The van der Waals surface area contributed by atoms with Gasteiger partial charge in [0.25, 0.3) is 0 Å². The fourth-order valence-corrected chi connectivity index (χ4v) is 2.80. The van der Waals surface area contributed by atoms with Crippen LogP contribution in [-0.4, -0.2) is 9.97 Å². The van der Waals surface area contributed by atoms with Gasteiger partial charge in [-0.1, -0.05) is 39.1 Å². The number of benzene rings is 2. The molecule has 0 aliphatic rings. The predicted molar refractivity (Wildman–Crippen MR) is 87.4 cm³/mol. The zero-order valence-electron chi connectivity index (χ0n) is 10.8. The van der Waals surface area contributed by atoms with Gasteiger partial charge in [-0.15, -0.1) is 0 Å². The lowest BCUT2D eigenvalue weighted by molar-refractivity contribution is 0.620. The van der Waals surface area contributed by atoms with Crippen LogP contribution in [0.25, 0.3) is 22.3 Å². The Morgan fingerprint density at radius 2 is 1.86 bits per heavy atom. The number of halogens is 4. The number of aromatic nitrogens is 2. The highest BCUT2D eigenvalue weighted by molar-refractivity contribution is 9.10. The average Bonchev–Trinajstić information content (AvgIpc) is 2.43. The molecule has 0 radical (unpaired) electrons. The second kappa shape index (κ2) is 5.52. The normalized spacial score (nSPS) is 11.1. The van der Waals surface area contributed by atoms with E-state index in [0.29, 0.717) is 32.9 Å². The lowest BCUT2D eigenvalue weighted by atomic mass is 10.1. The smallest absolute Gasteiger partial charge is 0.163 e. The third kappa shape index (κ3) is 2.76. The van der Waals surface area contributed by atoms with E-state index in [9.17, 15) is 4.39 Å². The SMILES string of the molecule is Cc1cc2c(Cl)nc(-c3cc(Br)ccc3Cl)nc2cc1F. The van der Waals surface area contributed by atoms with E-state index in [1.807, 2.05) is 6.07 Å². The highest BCUT2D eigenvalue weighted by Gasteiger charge is 2.13. The molecule has 0 aliphatic heterocycles. The zero-order chi connectivity index (χ0) is 15.1. The van der Waals surface area contributed by atoms with Gasteiger partial charge < -0.3 is 0 Å². The number of hydrogen-bond acceptors (Lipinski definition) is 2. The molecule has 0 N–H and O–H groups in total. The quantitative estimate of drug-likeness (QED) is 0.493. The van der Waals surface area contributed by atoms with Crippen LogP contribution < -0.4 is 0 Å². The second-order valence-electron chi connectivity index (χ2n) is 4.58. The molecule has 0 spiro atoms. The molecule has 1 heterocycles. The van der Waals surface area contributed by atoms with E-state index in [1.54, 1.807) is 25.1 Å². The molecule has 3 rings (SSSR count). The molecule has 0 bridgehead atoms. The first-order chi connectivity index (χ1) is 9.95. The highest BCUT2D eigenvalue weighted by Crippen LogP contribution is 2.32. The van der Waals surface area contributed by atoms with Crippen molar-refractivity contribution < 1.29 is 4.39 Å². The van der Waals surface area contributed by atoms with Crippen LogP contribution in [0.1, 0.15) is 5.56 Å². The largest absolute Gasteiger partial charge is 0.228 e. The Bertz CT molecular complexity index is 868. The summed E-state index contributed by atoms with van der Waals surface area (Å²) in [6.45, 7) is 1.67. The molecule has 0 amide bonds. The Hall–Kier alpha value is -1.23. The maximum absolute atomic E-state index is 13.7. The molecular formula is C15H8BrCl2FN2. The predicted octanol–water partition coefficient (Wildman–Crippen LogP) is 5.81. The minimum absolute atomic E-state index is 0.272. The molecule has 0 saturated carbocycles. The summed E-state index contributed by atoms with van der Waals surface area (Å²) in [6, 6.07) is 8.34. The molecule has 0 unspecified atom stereocenters. The van der Waals surface area contributed by atoms with Crippen LogP contribution >= 0.6 is 39.1 Å². The zero-order valence-corrected chi connectivity index (χ0v) is 13.9. The first kappa shape index (κ1) is 14.7. The summed E-state index contributed by atoms with van der Waals surface area (Å²) >= 11 is 15.7. The summed E-state index contributed by atoms with van der Waals surface area (Å²) in [7, 11) is 0. The summed E-state index contributed by atoms with van der Waals surface area (Å²) in [5.74, 6) is 0.0330. The van der Waals surface area contributed by atoms with Crippen molar-refractivity contribution in [3.8, 4) is 11.4 Å². The summed E-state index contributed by atoms with van der Waals surface area (Å²) < 4.78 is 14.6. The second-order valence-corrected chi connectivity index (χ2v) is 6.26. The van der Waals surface area contributed by atoms with E-state index in [2.05, 4.69) is 25.9 Å². The number of aryl methyl sites for hydroxylation is 1. The Morgan fingerprint density at radius 1 is 1.10 bits per heavy atom. The summed E-state index contributed by atoms with van der Waals surface area (Å²) in [5.41, 5.74) is 1.58. The van der Waals surface area contributed by atoms with Crippen molar-refractivity contribution in [1.82, 2.24) is 9.97 Å². The van der Waals surface area contributed by atoms with E-state index in [-0.39, 0.29) is 11.0 Å². The van der Waals surface area contributed by atoms with Gasteiger partial charge in [-0.2, -0.15) is 0 Å². The molecular weight excluding hydrogens is 378 g/mol. The van der Waals surface area contributed by atoms with Crippen molar-refractivity contribution in [2.24, 2.45) is 0 Å². The van der Waals surface area contributed by atoms with Gasteiger partial charge in [-0.25, -0.2) is 14.4 Å². The van der Waals surface area contributed by atoms with Gasteiger partial charge in [0.2, 0.25) is 0 Å². The topological polar surface area (TPSA) is 25.8 Å². The van der Waals surface area contributed by atoms with Crippen LogP contribution in [0.4, 0.5) is 4.39 Å². The Kier molecular flexibility index (Phi) is 3.86. The van der Waals surface area contributed by atoms with Crippen LogP contribution in [0, 0.1) is 12.7 Å². The summed E-state index contributed by atoms with van der Waals surface area (Å²) in [5, 5.41) is 1.39. The first-order valence-electron chi connectivity index (χ1n) is 6.04. The Morgan fingerprint density at radius 3 is 2.62 bits per heavy atom. The maximum Gasteiger partial charge on any atom is 0.163 e. The molecule has 2 aromatic carbocycles. The number of hydrogen-bond donors (Lipinski definition) is 0. The fraction of sp³-hybridized carbons (Fsp3) is 0.0667. The summed E-state index contributed by atoms with van der Waals surface area (Å²) in [6.07, 6.45) is 0. The van der Waals surface area contributed by atoms with Gasteiger partial charge in [0.1, 0.15) is 11.0 Å². The van der Waals surface area contributed by atoms with Crippen molar-refractivity contribution >= 4 is 50.0 Å². The highest BCUT2D eigenvalue weighted by atomic mass is 79.9. The first-order valence-corrected chi connectivity index (χ1v) is 7.59. The van der Waals surface area contributed by atoms with Crippen molar-refractivity contribution in [2.75, 3.05) is 0 Å². The summed E-state index contributed by atoms with van der Waals surface area (Å²) in [4.78, 5) is 8.64. The molecule has 106 valence electrons. The van der Waals surface area contributed by atoms with Crippen molar-refractivity contribution in [1.29, 1.82) is 0 Å². The van der Waals surface area contributed by atoms with Gasteiger partial charge >= 0.3 is 0 Å². The molecule has 0 aliphatic carbocycles. The molecule has 2 nitrogen and oxygen atoms in total. The lowest BCUT2D eigenvalue weighted by Gasteiger charge is -2.08. The van der Waals surface area contributed by atoms with Crippen molar-refractivity contribution in [2.45, 2.75) is 6.92 Å². The molecule has 0 atom stereocenters. The minimum atomic E-state index is -0.330. The van der Waals surface area contributed by atoms with E-state index in [4.69, 9.17) is 23.2 Å². The van der Waals surface area contributed by atoms with Gasteiger partial charge in [0, 0.05) is 21.5 Å². The van der Waals surface area contributed by atoms with Crippen molar-refractivity contribution in [3.63, 3.8) is 0 Å². The maximum atomic E-state index is 13.7. The third-order valence-corrected chi connectivity index (χ3v) is 4.21. The fourth-order valence-electron chi connectivity index (χ4n) is 2.01. The lowest BCUT2D eigenvalue weighted by Crippen LogP contribution is -1.94. The van der Waals surface area contributed by atoms with Crippen LogP contribution in [0.15, 0.2) is 34.8 Å². The van der Waals surface area contributed by atoms with Crippen molar-refractivity contribution in [3.05, 3.63) is 56.4 Å². The molecule has 21 heavy (non-hydrogen) atoms. The van der Waals surface area contributed by atoms with E-state index in [1.165, 1.54) is 6.07 Å². The Balaban J connectivity index is 2.30. The molecule has 6 heteroatoms. The minimum Gasteiger partial charge on any atom is -0.228 e. The van der Waals surface area contributed by atoms with Gasteiger partial charge in [0.15, 0.2) is 5.82 Å². The van der Waals surface area contributed by atoms with Gasteiger partial charge in [-0.05, 0) is 36.8 Å². The Labute approximate surface area is 139 Å². The standard InChI is InChI=1S/C15H8BrCl2FN2/c1-7-4-10-13(6-12(7)19)20-15(21-14(10)18)9-5-8(16)2-3-11(9)17/h2-6H,1H3. The number of rotatable bonds is 1. The van der Waals surface area contributed by atoms with Crippen LogP contribution in [0.3, 0.4) is 0 Å². The number of nitrogens with zero attached hydrogens (tertiary/aromatic N) is 2. The monoisotopic (exact) mass is 384 g/mol.